The molecular weight excluding hydrogens is 252 g/mol. The van der Waals surface area contributed by atoms with Crippen molar-refractivity contribution in [2.24, 2.45) is 0 Å². The van der Waals surface area contributed by atoms with E-state index >= 15 is 0 Å². The van der Waals surface area contributed by atoms with Crippen LogP contribution in [0.4, 0.5) is 4.79 Å². The number of amides is 1. The number of ether oxygens (including phenoxy) is 1. The normalized spacial score (nSPS) is 12.8. The lowest BCUT2D eigenvalue weighted by Gasteiger charge is -2.20. The number of rotatable bonds is 5. The van der Waals surface area contributed by atoms with Gasteiger partial charge in [0.1, 0.15) is 5.60 Å². The molecule has 0 saturated heterocycles. The minimum atomic E-state index is -0.452. The van der Waals surface area contributed by atoms with Gasteiger partial charge in [0, 0.05) is 19.1 Å². The highest BCUT2D eigenvalue weighted by Gasteiger charge is 2.15. The zero-order valence-corrected chi connectivity index (χ0v) is 13.1. The van der Waals surface area contributed by atoms with Crippen LogP contribution in [0.15, 0.2) is 24.3 Å². The van der Waals surface area contributed by atoms with Crippen LogP contribution >= 0.6 is 0 Å². The molecule has 2 N–H and O–H groups in total. The van der Waals surface area contributed by atoms with E-state index < -0.39 is 5.60 Å². The highest BCUT2D eigenvalue weighted by molar-refractivity contribution is 5.67. The highest BCUT2D eigenvalue weighted by Crippen LogP contribution is 2.13. The molecule has 0 aliphatic carbocycles. The molecule has 0 radical (unpaired) electrons. The van der Waals surface area contributed by atoms with Crippen molar-refractivity contribution in [2.75, 3.05) is 13.1 Å². The van der Waals surface area contributed by atoms with Crippen LogP contribution in [0.1, 0.15) is 44.9 Å². The molecule has 0 bridgehead atoms. The second-order valence-electron chi connectivity index (χ2n) is 6.02. The Labute approximate surface area is 121 Å². The van der Waals surface area contributed by atoms with Gasteiger partial charge in [-0.2, -0.15) is 0 Å². The molecule has 0 aliphatic heterocycles. The van der Waals surface area contributed by atoms with Gasteiger partial charge in [-0.3, -0.25) is 0 Å². The molecule has 0 spiro atoms. The lowest BCUT2D eigenvalue weighted by atomic mass is 10.1. The minimum Gasteiger partial charge on any atom is -0.444 e. The summed E-state index contributed by atoms with van der Waals surface area (Å²) < 4.78 is 5.17. The van der Waals surface area contributed by atoms with Gasteiger partial charge in [-0.25, -0.2) is 4.79 Å². The van der Waals surface area contributed by atoms with Gasteiger partial charge in [0.25, 0.3) is 0 Å². The summed E-state index contributed by atoms with van der Waals surface area (Å²) in [6, 6.07) is 8.67. The van der Waals surface area contributed by atoms with Crippen molar-refractivity contribution in [3.8, 4) is 0 Å². The molecule has 0 saturated carbocycles. The summed E-state index contributed by atoms with van der Waals surface area (Å²) >= 11 is 0. The standard InChI is InChI=1S/C16H26N2O2/c1-12-7-6-8-14(11-12)13(2)17-9-10-18-15(19)20-16(3,4)5/h6-8,11,13,17H,9-10H2,1-5H3,(H,18,19)/t13-/m0/s1. The molecule has 1 amide bonds. The average Bonchev–Trinajstić information content (AvgIpc) is 2.32. The molecule has 1 aromatic carbocycles. The summed E-state index contributed by atoms with van der Waals surface area (Å²) in [6.07, 6.45) is -0.373. The van der Waals surface area contributed by atoms with Gasteiger partial charge in [0.15, 0.2) is 0 Å². The Morgan fingerprint density at radius 3 is 2.60 bits per heavy atom. The molecular formula is C16H26N2O2. The van der Waals surface area contributed by atoms with Crippen LogP contribution in [0.3, 0.4) is 0 Å². The molecule has 4 heteroatoms. The van der Waals surface area contributed by atoms with Crippen molar-refractivity contribution in [3.63, 3.8) is 0 Å². The molecule has 1 atom stereocenters. The van der Waals surface area contributed by atoms with E-state index in [4.69, 9.17) is 4.74 Å². The first-order chi connectivity index (χ1) is 9.28. The van der Waals surface area contributed by atoms with Crippen molar-refractivity contribution in [1.82, 2.24) is 10.6 Å². The van der Waals surface area contributed by atoms with Crippen LogP contribution in [0, 0.1) is 6.92 Å². The third-order valence-corrected chi connectivity index (χ3v) is 2.79. The molecule has 1 rings (SSSR count). The topological polar surface area (TPSA) is 50.4 Å². The number of aryl methyl sites for hydroxylation is 1. The molecule has 112 valence electrons. The Balaban J connectivity index is 2.26. The fourth-order valence-electron chi connectivity index (χ4n) is 1.82. The Morgan fingerprint density at radius 2 is 2.00 bits per heavy atom. The predicted molar refractivity (Wildman–Crippen MR) is 81.8 cm³/mol. The Morgan fingerprint density at radius 1 is 1.30 bits per heavy atom. The second kappa shape index (κ2) is 7.29. The van der Waals surface area contributed by atoms with Crippen molar-refractivity contribution < 1.29 is 9.53 Å². The first-order valence-electron chi connectivity index (χ1n) is 7.05. The zero-order chi connectivity index (χ0) is 15.2. The molecule has 0 heterocycles. The maximum atomic E-state index is 11.5. The Hall–Kier alpha value is -1.55. The quantitative estimate of drug-likeness (QED) is 0.813. The molecule has 0 unspecified atom stereocenters. The largest absolute Gasteiger partial charge is 0.444 e. The van der Waals surface area contributed by atoms with Crippen molar-refractivity contribution in [2.45, 2.75) is 46.3 Å². The van der Waals surface area contributed by atoms with Gasteiger partial charge in [0.05, 0.1) is 0 Å². The van der Waals surface area contributed by atoms with E-state index in [2.05, 4.69) is 48.7 Å². The van der Waals surface area contributed by atoms with Gasteiger partial charge in [0.2, 0.25) is 0 Å². The van der Waals surface area contributed by atoms with Gasteiger partial charge in [-0.05, 0) is 40.2 Å². The first-order valence-corrected chi connectivity index (χ1v) is 7.05. The van der Waals surface area contributed by atoms with Crippen LogP contribution < -0.4 is 10.6 Å². The van der Waals surface area contributed by atoms with E-state index in [0.717, 1.165) is 0 Å². The van der Waals surface area contributed by atoms with Crippen molar-refractivity contribution in [1.29, 1.82) is 0 Å². The first kappa shape index (κ1) is 16.5. The Kier molecular flexibility index (Phi) is 6.02. The van der Waals surface area contributed by atoms with Crippen LogP contribution in [0.25, 0.3) is 0 Å². The lowest BCUT2D eigenvalue weighted by Crippen LogP contribution is -2.36. The number of carbonyl (C=O) groups is 1. The molecule has 0 fully saturated rings. The number of benzene rings is 1. The van der Waals surface area contributed by atoms with Crippen LogP contribution in [-0.2, 0) is 4.74 Å². The molecule has 0 aliphatic rings. The minimum absolute atomic E-state index is 0.260. The van der Waals surface area contributed by atoms with E-state index in [9.17, 15) is 4.79 Å². The highest BCUT2D eigenvalue weighted by atomic mass is 16.6. The number of nitrogens with one attached hydrogen (secondary N) is 2. The molecule has 20 heavy (non-hydrogen) atoms. The fourth-order valence-corrected chi connectivity index (χ4v) is 1.82. The summed E-state index contributed by atoms with van der Waals surface area (Å²) in [6.45, 7) is 11.0. The third-order valence-electron chi connectivity index (χ3n) is 2.79. The molecule has 4 nitrogen and oxygen atoms in total. The van der Waals surface area contributed by atoms with Crippen LogP contribution in [-0.4, -0.2) is 24.8 Å². The summed E-state index contributed by atoms with van der Waals surface area (Å²) in [4.78, 5) is 11.5. The maximum Gasteiger partial charge on any atom is 0.407 e. The molecule has 0 aromatic heterocycles. The van der Waals surface area contributed by atoms with Gasteiger partial charge < -0.3 is 15.4 Å². The van der Waals surface area contributed by atoms with E-state index in [1.165, 1.54) is 11.1 Å². The Bertz CT molecular complexity index is 438. The van der Waals surface area contributed by atoms with E-state index in [-0.39, 0.29) is 12.1 Å². The van der Waals surface area contributed by atoms with E-state index in [0.29, 0.717) is 13.1 Å². The summed E-state index contributed by atoms with van der Waals surface area (Å²) in [5.74, 6) is 0. The van der Waals surface area contributed by atoms with Crippen LogP contribution in [0.5, 0.6) is 0 Å². The number of hydrogen-bond donors (Lipinski definition) is 2. The van der Waals surface area contributed by atoms with Gasteiger partial charge in [-0.1, -0.05) is 29.8 Å². The second-order valence-corrected chi connectivity index (χ2v) is 6.02. The summed E-state index contributed by atoms with van der Waals surface area (Å²) in [5, 5.41) is 6.11. The van der Waals surface area contributed by atoms with E-state index in [1.807, 2.05) is 20.8 Å². The van der Waals surface area contributed by atoms with Crippen molar-refractivity contribution >= 4 is 6.09 Å². The smallest absolute Gasteiger partial charge is 0.407 e. The van der Waals surface area contributed by atoms with E-state index in [1.54, 1.807) is 0 Å². The van der Waals surface area contributed by atoms with Gasteiger partial charge >= 0.3 is 6.09 Å². The monoisotopic (exact) mass is 278 g/mol. The van der Waals surface area contributed by atoms with Crippen LogP contribution in [0.2, 0.25) is 0 Å². The lowest BCUT2D eigenvalue weighted by molar-refractivity contribution is 0.0528. The summed E-state index contributed by atoms with van der Waals surface area (Å²) in [5.41, 5.74) is 2.05. The zero-order valence-electron chi connectivity index (χ0n) is 13.1. The third kappa shape index (κ3) is 6.57. The summed E-state index contributed by atoms with van der Waals surface area (Å²) in [7, 11) is 0. The fraction of sp³-hybridized carbons (Fsp3) is 0.562. The maximum absolute atomic E-state index is 11.5. The SMILES string of the molecule is Cc1cccc([C@H](C)NCCNC(=O)OC(C)(C)C)c1. The number of hydrogen-bond acceptors (Lipinski definition) is 3. The average molecular weight is 278 g/mol. The van der Waals surface area contributed by atoms with Crippen molar-refractivity contribution in [3.05, 3.63) is 35.4 Å². The number of carbonyl (C=O) groups excluding carboxylic acids is 1. The number of alkyl carbamates (subject to hydrolysis) is 1. The van der Waals surface area contributed by atoms with Gasteiger partial charge in [-0.15, -0.1) is 0 Å². The predicted octanol–water partition coefficient (Wildman–Crippen LogP) is 3.17. The molecule has 1 aromatic rings.